The second-order valence-corrected chi connectivity index (χ2v) is 11.4. The zero-order chi connectivity index (χ0) is 32.7. The van der Waals surface area contributed by atoms with Gasteiger partial charge in [0.15, 0.2) is 0 Å². The van der Waals surface area contributed by atoms with Crippen molar-refractivity contribution in [3.63, 3.8) is 0 Å². The standard InChI is InChI=1S/C32H40N4O9/c1-18-20(3)44-25-16-26-24(15-23(18)25)19(2)22(32(43)45-26)6-7-27(37)35-17-29(39)36-13-9-21(10-14-36)31(42)34-12-8-28(38)33-11-4-5-30(40)41/h15-16,21H,4-14,17H2,1-3H3,(H,33,38)(H,34,42)(H,35,37)(H,40,41). The van der Waals surface area contributed by atoms with Gasteiger partial charge in [-0.1, -0.05) is 0 Å². The molecule has 1 fully saturated rings. The Bertz CT molecular complexity index is 1660. The van der Waals surface area contributed by atoms with E-state index in [4.69, 9.17) is 13.9 Å². The molecule has 0 aliphatic carbocycles. The number of carbonyl (C=O) groups excluding carboxylic acids is 4. The van der Waals surface area contributed by atoms with E-state index in [0.29, 0.717) is 49.1 Å². The predicted octanol–water partition coefficient (Wildman–Crippen LogP) is 2.24. The molecule has 0 unspecified atom stereocenters. The van der Waals surface area contributed by atoms with Gasteiger partial charge in [-0.05, 0) is 63.6 Å². The highest BCUT2D eigenvalue weighted by molar-refractivity contribution is 5.97. The third-order valence-corrected chi connectivity index (χ3v) is 8.38. The van der Waals surface area contributed by atoms with Gasteiger partial charge in [-0.15, -0.1) is 0 Å². The van der Waals surface area contributed by atoms with E-state index < -0.39 is 11.6 Å². The fraction of sp³-hybridized carbons (Fsp3) is 0.500. The van der Waals surface area contributed by atoms with E-state index in [0.717, 1.165) is 27.7 Å². The van der Waals surface area contributed by atoms with E-state index in [-0.39, 0.29) is 74.9 Å². The van der Waals surface area contributed by atoms with Gasteiger partial charge >= 0.3 is 11.6 Å². The molecule has 0 bridgehead atoms. The smallest absolute Gasteiger partial charge is 0.339 e. The normalized spacial score (nSPS) is 13.6. The number of likely N-dealkylation sites (tertiary alicyclic amines) is 1. The molecule has 4 rings (SSSR count). The maximum atomic E-state index is 12.7. The fourth-order valence-corrected chi connectivity index (χ4v) is 5.52. The molecule has 1 aliphatic heterocycles. The molecule has 1 saturated heterocycles. The summed E-state index contributed by atoms with van der Waals surface area (Å²) in [5.41, 5.74) is 2.74. The maximum Gasteiger partial charge on any atom is 0.339 e. The first-order valence-corrected chi connectivity index (χ1v) is 15.2. The molecule has 3 aromatic rings. The van der Waals surface area contributed by atoms with Crippen molar-refractivity contribution in [1.29, 1.82) is 0 Å². The number of fused-ring (bicyclic) bond motifs is 2. The van der Waals surface area contributed by atoms with Gasteiger partial charge < -0.3 is 34.8 Å². The lowest BCUT2D eigenvalue weighted by atomic mass is 9.96. The number of carboxylic acids is 1. The molecule has 242 valence electrons. The molecular weight excluding hydrogens is 584 g/mol. The van der Waals surface area contributed by atoms with Crippen molar-refractivity contribution in [2.45, 2.75) is 65.7 Å². The first-order valence-electron chi connectivity index (χ1n) is 15.2. The lowest BCUT2D eigenvalue weighted by molar-refractivity contribution is -0.137. The van der Waals surface area contributed by atoms with Crippen LogP contribution in [0.5, 0.6) is 0 Å². The number of aliphatic carboxylic acids is 1. The van der Waals surface area contributed by atoms with Gasteiger partial charge in [0.1, 0.15) is 16.9 Å². The van der Waals surface area contributed by atoms with Crippen LogP contribution in [0.3, 0.4) is 0 Å². The van der Waals surface area contributed by atoms with Crippen LogP contribution in [0.2, 0.25) is 0 Å². The summed E-state index contributed by atoms with van der Waals surface area (Å²) in [6, 6.07) is 3.66. The fourth-order valence-electron chi connectivity index (χ4n) is 5.52. The topological polar surface area (TPSA) is 188 Å². The minimum atomic E-state index is -0.920. The van der Waals surface area contributed by atoms with Crippen molar-refractivity contribution in [2.75, 3.05) is 32.7 Å². The minimum Gasteiger partial charge on any atom is -0.481 e. The second-order valence-electron chi connectivity index (χ2n) is 11.4. The Kier molecular flexibility index (Phi) is 11.0. The summed E-state index contributed by atoms with van der Waals surface area (Å²) in [5, 5.41) is 18.3. The summed E-state index contributed by atoms with van der Waals surface area (Å²) >= 11 is 0. The zero-order valence-corrected chi connectivity index (χ0v) is 25.9. The Morgan fingerprint density at radius 3 is 2.22 bits per heavy atom. The van der Waals surface area contributed by atoms with Crippen molar-refractivity contribution in [1.82, 2.24) is 20.9 Å². The summed E-state index contributed by atoms with van der Waals surface area (Å²) in [7, 11) is 0. The number of carbonyl (C=O) groups is 5. The first-order chi connectivity index (χ1) is 21.4. The highest BCUT2D eigenvalue weighted by Gasteiger charge is 2.27. The SMILES string of the molecule is Cc1oc2cc3oc(=O)c(CCC(=O)NCC(=O)N4CCC(C(=O)NCCC(=O)NCCCC(=O)O)CC4)c(C)c3cc2c1C. The molecule has 2 aromatic heterocycles. The van der Waals surface area contributed by atoms with Crippen molar-refractivity contribution in [2.24, 2.45) is 5.92 Å². The zero-order valence-electron chi connectivity index (χ0n) is 25.9. The van der Waals surface area contributed by atoms with Crippen LogP contribution in [-0.4, -0.2) is 72.3 Å². The molecule has 0 saturated carbocycles. The van der Waals surface area contributed by atoms with Crippen molar-refractivity contribution in [3.8, 4) is 0 Å². The van der Waals surface area contributed by atoms with E-state index in [2.05, 4.69) is 16.0 Å². The van der Waals surface area contributed by atoms with Gasteiger partial charge in [0.25, 0.3) is 0 Å². The average Bonchev–Trinajstić information content (AvgIpc) is 3.28. The Balaban J connectivity index is 1.17. The quantitative estimate of drug-likeness (QED) is 0.163. The molecule has 3 heterocycles. The van der Waals surface area contributed by atoms with Crippen molar-refractivity contribution < 1.29 is 37.9 Å². The number of carboxylic acid groups (broad SMARTS) is 1. The summed E-state index contributed by atoms with van der Waals surface area (Å²) < 4.78 is 11.3. The Labute approximate surface area is 259 Å². The highest BCUT2D eigenvalue weighted by Crippen LogP contribution is 2.31. The lowest BCUT2D eigenvalue weighted by Crippen LogP contribution is -2.46. The van der Waals surface area contributed by atoms with Crippen LogP contribution in [0, 0.1) is 26.7 Å². The molecule has 0 spiro atoms. The van der Waals surface area contributed by atoms with Crippen LogP contribution in [-0.2, 0) is 30.4 Å². The number of furan rings is 1. The second kappa shape index (κ2) is 14.9. The molecule has 4 amide bonds. The van der Waals surface area contributed by atoms with E-state index in [1.54, 1.807) is 11.0 Å². The number of nitrogens with one attached hydrogen (secondary N) is 3. The number of rotatable bonds is 13. The van der Waals surface area contributed by atoms with Gasteiger partial charge in [-0.25, -0.2) is 4.79 Å². The van der Waals surface area contributed by atoms with Crippen molar-refractivity contribution >= 4 is 51.5 Å². The maximum absolute atomic E-state index is 12.7. The summed E-state index contributed by atoms with van der Waals surface area (Å²) in [6.07, 6.45) is 1.52. The van der Waals surface area contributed by atoms with Gasteiger partial charge in [-0.3, -0.25) is 24.0 Å². The molecule has 0 radical (unpaired) electrons. The number of nitrogens with zero attached hydrogens (tertiary/aromatic N) is 1. The molecule has 0 atom stereocenters. The lowest BCUT2D eigenvalue weighted by Gasteiger charge is -2.31. The van der Waals surface area contributed by atoms with E-state index in [1.165, 1.54) is 0 Å². The van der Waals surface area contributed by atoms with Crippen molar-refractivity contribution in [3.05, 3.63) is 45.0 Å². The third-order valence-electron chi connectivity index (χ3n) is 8.38. The molecule has 13 heteroatoms. The summed E-state index contributed by atoms with van der Waals surface area (Å²) in [5.74, 6) is -1.46. The predicted molar refractivity (Wildman–Crippen MR) is 165 cm³/mol. The van der Waals surface area contributed by atoms with Crippen LogP contribution in [0.1, 0.15) is 61.0 Å². The highest BCUT2D eigenvalue weighted by atomic mass is 16.4. The van der Waals surface area contributed by atoms with Gasteiger partial charge in [0, 0.05) is 73.8 Å². The molecule has 4 N–H and O–H groups in total. The molecule has 1 aliphatic rings. The molecular formula is C32H40N4O9. The first kappa shape index (κ1) is 33.2. The Morgan fingerprint density at radius 1 is 0.844 bits per heavy atom. The van der Waals surface area contributed by atoms with Crippen LogP contribution >= 0.6 is 0 Å². The molecule has 1 aromatic carbocycles. The minimum absolute atomic E-state index is 0.0130. The number of piperidine rings is 1. The van der Waals surface area contributed by atoms with E-state index >= 15 is 0 Å². The summed E-state index contributed by atoms with van der Waals surface area (Å²) in [6.45, 7) is 6.68. The van der Waals surface area contributed by atoms with Crippen LogP contribution in [0.15, 0.2) is 25.8 Å². The third kappa shape index (κ3) is 8.49. The average molecular weight is 625 g/mol. The molecule has 13 nitrogen and oxygen atoms in total. The van der Waals surface area contributed by atoms with Crippen LogP contribution < -0.4 is 21.6 Å². The number of hydrogen-bond donors (Lipinski definition) is 4. The van der Waals surface area contributed by atoms with Gasteiger partial charge in [0.2, 0.25) is 23.6 Å². The number of aryl methyl sites for hydroxylation is 3. The monoisotopic (exact) mass is 624 g/mol. The Morgan fingerprint density at radius 2 is 1.51 bits per heavy atom. The van der Waals surface area contributed by atoms with Gasteiger partial charge in [-0.2, -0.15) is 0 Å². The molecule has 45 heavy (non-hydrogen) atoms. The van der Waals surface area contributed by atoms with Crippen LogP contribution in [0.25, 0.3) is 21.9 Å². The number of hydrogen-bond acceptors (Lipinski definition) is 8. The van der Waals surface area contributed by atoms with Crippen LogP contribution in [0.4, 0.5) is 0 Å². The van der Waals surface area contributed by atoms with E-state index in [1.807, 2.05) is 26.8 Å². The van der Waals surface area contributed by atoms with E-state index in [9.17, 15) is 28.8 Å². The Hall–Kier alpha value is -4.68. The largest absolute Gasteiger partial charge is 0.481 e. The van der Waals surface area contributed by atoms with Gasteiger partial charge in [0.05, 0.1) is 6.54 Å². The summed E-state index contributed by atoms with van der Waals surface area (Å²) in [4.78, 5) is 74.4. The number of benzene rings is 1. The number of amides is 4.